The molecule has 4 nitrogen and oxygen atoms in total. The molecule has 0 atom stereocenters. The Labute approximate surface area is 126 Å². The molecule has 0 radical (unpaired) electrons. The molecular formula is C14H16BF3N2O2. The van der Waals surface area contributed by atoms with Crippen LogP contribution in [0, 0.1) is 0 Å². The van der Waals surface area contributed by atoms with Crippen LogP contribution in [0.15, 0.2) is 18.3 Å². The molecule has 0 bridgehead atoms. The van der Waals surface area contributed by atoms with E-state index in [1.54, 1.807) is 27.7 Å². The molecule has 1 aromatic carbocycles. The van der Waals surface area contributed by atoms with Crippen molar-refractivity contribution in [2.75, 3.05) is 0 Å². The Kier molecular flexibility index (Phi) is 3.13. The van der Waals surface area contributed by atoms with Gasteiger partial charge in [0.15, 0.2) is 0 Å². The lowest BCUT2D eigenvalue weighted by Gasteiger charge is -2.32. The average molecular weight is 312 g/mol. The third-order valence-corrected chi connectivity index (χ3v) is 4.46. The van der Waals surface area contributed by atoms with Crippen LogP contribution in [0.5, 0.6) is 0 Å². The van der Waals surface area contributed by atoms with Crippen molar-refractivity contribution in [2.45, 2.75) is 45.1 Å². The van der Waals surface area contributed by atoms with E-state index >= 15 is 0 Å². The number of nitrogens with zero attached hydrogens (tertiary/aromatic N) is 1. The monoisotopic (exact) mass is 312 g/mol. The van der Waals surface area contributed by atoms with Crippen molar-refractivity contribution in [1.82, 2.24) is 10.2 Å². The van der Waals surface area contributed by atoms with E-state index in [0.717, 1.165) is 6.07 Å². The van der Waals surface area contributed by atoms with Crippen molar-refractivity contribution in [3.8, 4) is 0 Å². The summed E-state index contributed by atoms with van der Waals surface area (Å²) in [5.41, 5.74) is -1.71. The van der Waals surface area contributed by atoms with Gasteiger partial charge in [-0.1, -0.05) is 0 Å². The Bertz CT molecular complexity index is 708. The quantitative estimate of drug-likeness (QED) is 0.824. The zero-order valence-corrected chi connectivity index (χ0v) is 12.7. The predicted molar refractivity (Wildman–Crippen MR) is 76.8 cm³/mol. The van der Waals surface area contributed by atoms with Crippen LogP contribution in [-0.4, -0.2) is 28.5 Å². The minimum Gasteiger partial charge on any atom is -0.399 e. The van der Waals surface area contributed by atoms with Gasteiger partial charge in [0.1, 0.15) is 0 Å². The van der Waals surface area contributed by atoms with Crippen LogP contribution in [0.1, 0.15) is 33.3 Å². The second-order valence-electron chi connectivity index (χ2n) is 6.44. The van der Waals surface area contributed by atoms with Gasteiger partial charge in [0.2, 0.25) is 0 Å². The van der Waals surface area contributed by atoms with Gasteiger partial charge in [0, 0.05) is 10.8 Å². The van der Waals surface area contributed by atoms with E-state index in [1.807, 2.05) is 0 Å². The second-order valence-corrected chi connectivity index (χ2v) is 6.44. The number of aromatic nitrogens is 2. The number of rotatable bonds is 1. The molecular weight excluding hydrogens is 296 g/mol. The van der Waals surface area contributed by atoms with Gasteiger partial charge in [0.25, 0.3) is 0 Å². The summed E-state index contributed by atoms with van der Waals surface area (Å²) in [4.78, 5) is 0. The van der Waals surface area contributed by atoms with Crippen molar-refractivity contribution in [3.05, 3.63) is 23.9 Å². The largest absolute Gasteiger partial charge is 0.496 e. The van der Waals surface area contributed by atoms with Crippen molar-refractivity contribution in [2.24, 2.45) is 0 Å². The van der Waals surface area contributed by atoms with E-state index in [1.165, 1.54) is 12.3 Å². The number of nitrogens with one attached hydrogen (secondary N) is 1. The molecule has 0 saturated carbocycles. The SMILES string of the molecule is CC1(C)OB(c2c(C(F)(F)F)ccc3[nH]ncc23)OC1(C)C. The number of benzene rings is 1. The first-order valence-corrected chi connectivity index (χ1v) is 6.92. The van der Waals surface area contributed by atoms with Crippen LogP contribution in [0.2, 0.25) is 0 Å². The first-order chi connectivity index (χ1) is 10.0. The molecule has 3 rings (SSSR count). The van der Waals surface area contributed by atoms with Crippen molar-refractivity contribution in [1.29, 1.82) is 0 Å². The van der Waals surface area contributed by atoms with Gasteiger partial charge >= 0.3 is 13.3 Å². The summed E-state index contributed by atoms with van der Waals surface area (Å²) in [6.45, 7) is 7.21. The fraction of sp³-hybridized carbons (Fsp3) is 0.500. The van der Waals surface area contributed by atoms with E-state index in [4.69, 9.17) is 9.31 Å². The molecule has 2 aromatic rings. The molecule has 2 heterocycles. The smallest absolute Gasteiger partial charge is 0.399 e. The maximum Gasteiger partial charge on any atom is 0.496 e. The summed E-state index contributed by atoms with van der Waals surface area (Å²) in [5, 5.41) is 6.86. The molecule has 0 spiro atoms. The van der Waals surface area contributed by atoms with Crippen LogP contribution in [0.25, 0.3) is 10.9 Å². The summed E-state index contributed by atoms with van der Waals surface area (Å²) in [6, 6.07) is 2.39. The number of hydrogen-bond donors (Lipinski definition) is 1. The van der Waals surface area contributed by atoms with Crippen molar-refractivity contribution < 1.29 is 22.5 Å². The second kappa shape index (κ2) is 4.49. The fourth-order valence-electron chi connectivity index (χ4n) is 2.50. The van der Waals surface area contributed by atoms with Gasteiger partial charge in [-0.05, 0) is 39.8 Å². The molecule has 0 amide bonds. The zero-order valence-electron chi connectivity index (χ0n) is 12.7. The maximum atomic E-state index is 13.4. The van der Waals surface area contributed by atoms with Crippen molar-refractivity contribution in [3.63, 3.8) is 0 Å². The predicted octanol–water partition coefficient (Wildman–Crippen LogP) is 2.88. The summed E-state index contributed by atoms with van der Waals surface area (Å²) in [5.74, 6) is 0. The lowest BCUT2D eigenvalue weighted by atomic mass is 9.73. The zero-order chi connectivity index (χ0) is 16.3. The Balaban J connectivity index is 2.20. The van der Waals surface area contributed by atoms with Gasteiger partial charge in [-0.15, -0.1) is 0 Å². The number of H-pyrrole nitrogens is 1. The van der Waals surface area contributed by atoms with Crippen LogP contribution < -0.4 is 5.46 Å². The van der Waals surface area contributed by atoms with Crippen LogP contribution in [0.4, 0.5) is 13.2 Å². The lowest BCUT2D eigenvalue weighted by Crippen LogP contribution is -2.41. The molecule has 8 heteroatoms. The third kappa shape index (κ3) is 2.21. The number of fused-ring (bicyclic) bond motifs is 1. The standard InChI is InChI=1S/C14H16BF3N2O2/c1-12(2)13(3,4)22-15(21-12)11-8-7-19-20-10(8)6-5-9(11)14(16,17)18/h5-7H,1-4H3,(H,19,20). The maximum absolute atomic E-state index is 13.4. The van der Waals surface area contributed by atoms with Crippen LogP contribution in [-0.2, 0) is 15.5 Å². The summed E-state index contributed by atoms with van der Waals surface area (Å²) < 4.78 is 51.7. The van der Waals surface area contributed by atoms with Gasteiger partial charge in [-0.2, -0.15) is 18.3 Å². The molecule has 1 N–H and O–H groups in total. The Hall–Kier alpha value is -1.54. The van der Waals surface area contributed by atoms with Crippen LogP contribution in [0.3, 0.4) is 0 Å². The first kappa shape index (κ1) is 15.4. The highest BCUT2D eigenvalue weighted by molar-refractivity contribution is 6.65. The highest BCUT2D eigenvalue weighted by Crippen LogP contribution is 2.39. The Morgan fingerprint density at radius 3 is 2.23 bits per heavy atom. The number of alkyl halides is 3. The molecule has 0 aliphatic carbocycles. The molecule has 1 aliphatic heterocycles. The minimum absolute atomic E-state index is 0.0302. The van der Waals surface area contributed by atoms with Crippen LogP contribution >= 0.6 is 0 Å². The van der Waals surface area contributed by atoms with Gasteiger partial charge in [-0.25, -0.2) is 0 Å². The summed E-state index contributed by atoms with van der Waals surface area (Å²) in [7, 11) is -1.09. The van der Waals surface area contributed by atoms with E-state index in [0.29, 0.717) is 10.9 Å². The average Bonchev–Trinajstić information content (AvgIpc) is 2.89. The summed E-state index contributed by atoms with van der Waals surface area (Å²) in [6.07, 6.45) is -3.13. The minimum atomic E-state index is -4.50. The van der Waals surface area contributed by atoms with Gasteiger partial charge in [0.05, 0.1) is 28.5 Å². The third-order valence-electron chi connectivity index (χ3n) is 4.46. The van der Waals surface area contributed by atoms with Crippen molar-refractivity contribution >= 4 is 23.5 Å². The Morgan fingerprint density at radius 2 is 1.68 bits per heavy atom. The topological polar surface area (TPSA) is 47.1 Å². The molecule has 22 heavy (non-hydrogen) atoms. The fourth-order valence-corrected chi connectivity index (χ4v) is 2.50. The molecule has 1 aromatic heterocycles. The highest BCUT2D eigenvalue weighted by Gasteiger charge is 2.54. The number of aromatic amines is 1. The molecule has 0 unspecified atom stereocenters. The highest BCUT2D eigenvalue weighted by atomic mass is 19.4. The lowest BCUT2D eigenvalue weighted by molar-refractivity contribution is -0.136. The van der Waals surface area contributed by atoms with Gasteiger partial charge < -0.3 is 9.31 Å². The first-order valence-electron chi connectivity index (χ1n) is 6.92. The Morgan fingerprint density at radius 1 is 1.09 bits per heavy atom. The number of hydrogen-bond acceptors (Lipinski definition) is 3. The normalized spacial score (nSPS) is 20.8. The van der Waals surface area contributed by atoms with E-state index in [9.17, 15) is 13.2 Å². The molecule has 118 valence electrons. The molecule has 1 aliphatic rings. The summed E-state index contributed by atoms with van der Waals surface area (Å²) >= 11 is 0. The molecule has 1 saturated heterocycles. The van der Waals surface area contributed by atoms with E-state index in [2.05, 4.69) is 10.2 Å². The molecule has 1 fully saturated rings. The van der Waals surface area contributed by atoms with Gasteiger partial charge in [-0.3, -0.25) is 5.10 Å². The number of halogens is 3. The van der Waals surface area contributed by atoms with E-state index in [-0.39, 0.29) is 5.46 Å². The van der Waals surface area contributed by atoms with E-state index < -0.39 is 30.1 Å².